The molecule has 0 amide bonds. The lowest BCUT2D eigenvalue weighted by Gasteiger charge is -2.29. The third-order valence-corrected chi connectivity index (χ3v) is 23.2. The summed E-state index contributed by atoms with van der Waals surface area (Å²) in [5, 5.41) is 17.4. The van der Waals surface area contributed by atoms with Crippen molar-refractivity contribution >= 4 is 89.6 Å². The van der Waals surface area contributed by atoms with Gasteiger partial charge in [0.1, 0.15) is 62.9 Å². The van der Waals surface area contributed by atoms with Gasteiger partial charge >= 0.3 is 0 Å². The van der Waals surface area contributed by atoms with Crippen LogP contribution >= 0.6 is 0 Å². The first kappa shape index (κ1) is 108. The number of aryl methyl sites for hydroxylation is 3. The van der Waals surface area contributed by atoms with Gasteiger partial charge in [0.05, 0.1) is 185 Å². The van der Waals surface area contributed by atoms with Crippen molar-refractivity contribution in [2.45, 2.75) is 127 Å². The van der Waals surface area contributed by atoms with E-state index in [1.165, 1.54) is 0 Å². The number of benzene rings is 8. The Morgan fingerprint density at radius 1 is 0.377 bits per heavy atom. The maximum atomic E-state index is 6.23. The third kappa shape index (κ3) is 27.9. The molecule has 0 radical (unpaired) electrons. The van der Waals surface area contributed by atoms with Crippen LogP contribution in [0, 0.1) is 24.2 Å². The summed E-state index contributed by atoms with van der Waals surface area (Å²) in [6.07, 6.45) is 27.1. The number of fused-ring (bicyclic) bond motifs is 4. The molecule has 17 aromatic rings. The molecular weight excluding hydrogens is 1840 g/mol. The van der Waals surface area contributed by atoms with Crippen molar-refractivity contribution in [1.29, 1.82) is 0 Å². The fourth-order valence-electron chi connectivity index (χ4n) is 15.7. The largest absolute Gasteiger partial charge is 0.497 e. The van der Waals surface area contributed by atoms with Crippen LogP contribution in [0.25, 0.3) is 89.2 Å². The highest BCUT2D eigenvalue weighted by Gasteiger charge is 2.25. The highest BCUT2D eigenvalue weighted by atomic mass is 16.5. The van der Waals surface area contributed by atoms with Crippen molar-refractivity contribution in [3.8, 4) is 121 Å². The van der Waals surface area contributed by atoms with Crippen LogP contribution in [0.1, 0.15) is 115 Å². The second kappa shape index (κ2) is 49.0. The van der Waals surface area contributed by atoms with Gasteiger partial charge in [0.2, 0.25) is 5.88 Å². The number of hydrogen-bond acceptors (Lipinski definition) is 28. The molecule has 0 saturated carbocycles. The number of rotatable bonds is 32. The minimum atomic E-state index is -0.368. The van der Waals surface area contributed by atoms with Crippen LogP contribution in [-0.2, 0) is 27.7 Å². The molecule has 0 spiro atoms. The van der Waals surface area contributed by atoms with Gasteiger partial charge in [-0.25, -0.2) is 24.9 Å². The Labute approximate surface area is 857 Å². The van der Waals surface area contributed by atoms with Crippen molar-refractivity contribution in [2.75, 3.05) is 123 Å². The van der Waals surface area contributed by atoms with Crippen molar-refractivity contribution in [3.05, 3.63) is 243 Å². The molecule has 9 heterocycles. The zero-order valence-corrected chi connectivity index (χ0v) is 86.6. The summed E-state index contributed by atoms with van der Waals surface area (Å²) >= 11 is 0. The first-order chi connectivity index (χ1) is 69.2. The molecule has 0 atom stereocenters. The molecule has 0 unspecified atom stereocenters. The SMILES string of the molecule is C.C.C#CCN(c1cc(OC(C)(C)C)cc(OC(C)(C)C)c1)c1ccc2ncc(-c3cnn(C(C)C)c3)nc2c1.CCCN(c1cc(OC)cc(OC)c1)c1ccc2ncc(-c3cnn(C)c3CN(C)C)nc2c1.COc1cc(OC)cc(N(CC#Cc2cccc(OC)n2)c2ccc3ncc(-c4cnn(C)c4)nc3c2)c1.COc1cc(OC)cc(N(CCN(C)C(C)C)c2ccc3ncc(-c4cnn(C)c4)nc3c2)c1. The Bertz CT molecular complexity index is 7300. The number of pyridine rings is 1. The van der Waals surface area contributed by atoms with Crippen molar-refractivity contribution in [3.63, 3.8) is 0 Å². The maximum absolute atomic E-state index is 6.23. The zero-order chi connectivity index (χ0) is 103. The lowest BCUT2D eigenvalue weighted by Crippen LogP contribution is -2.34. The molecule has 32 heteroatoms. The van der Waals surface area contributed by atoms with E-state index in [4.69, 9.17) is 69.0 Å². The fourth-order valence-corrected chi connectivity index (χ4v) is 15.7. The standard InChI is InChI=1S/C31H37N5O2.C29H26N6O3.2C26H32N6O2.2CH4/c1-10-13-35(24-14-25(37-30(4,5)6)17-26(15-24)38-31(7,8)9)23-11-12-27-28(16-23)34-29(19-32-27)22-18-33-36(20-22)21(2)3;1-34-19-20(17-31-34)28-18-30-26-11-10-22(15-27(26)33-28)35(23-13-24(36-2)16-25(14-23)37-3)12-6-8-21-7-5-9-29(32-21)38-4;1-18(2)30(3)9-10-32(21-11-22(33-5)14-23(12-21)34-6)20-7-8-24-25(13-20)29-26(16-27-24)19-15-28-31(4)17-19;1-7-10-32(19-11-20(33-5)14-21(12-19)34-6)18-8-9-23-24(13-18)29-25(16-27-23)22-15-28-31(4)26(22)17-30(2)3;;/h1,11-12,14-21H,13H2,2-9H3;5,7,9-11,13-19H,12H2,1-4H3;7-8,11-18H,9-10H2,1-6H3;8-9,11-16H,7,10,17H2,1-6H3;2*1H4. The normalized spacial score (nSPS) is 11.1. The molecule has 760 valence electrons. The molecule has 17 rings (SSSR count). The highest BCUT2D eigenvalue weighted by Crippen LogP contribution is 2.42. The first-order valence-corrected chi connectivity index (χ1v) is 47.4. The predicted octanol–water partition coefficient (Wildman–Crippen LogP) is 22.3. The molecule has 32 nitrogen and oxygen atoms in total. The third-order valence-electron chi connectivity index (χ3n) is 23.2. The number of ether oxygens (including phenoxy) is 9. The lowest BCUT2D eigenvalue weighted by molar-refractivity contribution is 0.121. The summed E-state index contributed by atoms with van der Waals surface area (Å²) in [5.41, 5.74) is 21.9. The van der Waals surface area contributed by atoms with E-state index >= 15 is 0 Å². The Morgan fingerprint density at radius 3 is 1.12 bits per heavy atom. The molecular formula is C114H135N23O9. The molecule has 8 aromatic carbocycles. The molecule has 0 saturated heterocycles. The number of anilines is 8. The van der Waals surface area contributed by atoms with Crippen LogP contribution in [0.4, 0.5) is 45.5 Å². The van der Waals surface area contributed by atoms with Gasteiger partial charge in [0.15, 0.2) is 0 Å². The van der Waals surface area contributed by atoms with E-state index < -0.39 is 0 Å². The molecule has 0 N–H and O–H groups in total. The van der Waals surface area contributed by atoms with Gasteiger partial charge < -0.3 is 72.0 Å². The summed E-state index contributed by atoms with van der Waals surface area (Å²) in [6.45, 7) is 26.9. The number of hydrogen-bond donors (Lipinski definition) is 0. The van der Waals surface area contributed by atoms with E-state index in [-0.39, 0.29) is 32.1 Å². The van der Waals surface area contributed by atoms with Crippen molar-refractivity contribution in [2.24, 2.45) is 21.1 Å². The monoisotopic (exact) mass is 1970 g/mol. The second-order valence-electron chi connectivity index (χ2n) is 37.1. The van der Waals surface area contributed by atoms with Gasteiger partial charge in [0.25, 0.3) is 0 Å². The van der Waals surface area contributed by atoms with Crippen LogP contribution in [-0.4, -0.2) is 215 Å². The zero-order valence-electron chi connectivity index (χ0n) is 86.6. The number of nitrogens with zero attached hydrogens (tertiary/aromatic N) is 23. The summed E-state index contributed by atoms with van der Waals surface area (Å²) in [5.74, 6) is 15.5. The number of likely N-dealkylation sites (N-methyl/N-ethyl adjacent to an activating group) is 1. The van der Waals surface area contributed by atoms with Gasteiger partial charge in [-0.2, -0.15) is 20.4 Å². The summed E-state index contributed by atoms with van der Waals surface area (Å²) < 4.78 is 58.1. The number of aromatic nitrogens is 17. The smallest absolute Gasteiger partial charge is 0.214 e. The summed E-state index contributed by atoms with van der Waals surface area (Å²) in [7, 11) is 23.5. The van der Waals surface area contributed by atoms with Crippen molar-refractivity contribution in [1.82, 2.24) is 93.8 Å². The van der Waals surface area contributed by atoms with Crippen LogP contribution in [0.15, 0.2) is 232 Å². The van der Waals surface area contributed by atoms with Crippen LogP contribution in [0.3, 0.4) is 0 Å². The Balaban J connectivity index is 0.000000173. The van der Waals surface area contributed by atoms with Crippen LogP contribution in [0.2, 0.25) is 0 Å². The topological polar surface area (TPSA) is 290 Å². The second-order valence-corrected chi connectivity index (χ2v) is 37.1. The van der Waals surface area contributed by atoms with Gasteiger partial charge in [-0.1, -0.05) is 39.7 Å². The van der Waals surface area contributed by atoms with Gasteiger partial charge in [0, 0.05) is 225 Å². The average molecular weight is 1970 g/mol. The Morgan fingerprint density at radius 2 is 0.753 bits per heavy atom. The number of terminal acetylenes is 1. The van der Waals surface area contributed by atoms with Gasteiger partial charge in [-0.05, 0) is 182 Å². The fraction of sp³-hybridized carbons (Fsp3) is 0.325. The lowest BCUT2D eigenvalue weighted by atomic mass is 10.1. The van der Waals surface area contributed by atoms with Crippen molar-refractivity contribution < 1.29 is 42.6 Å². The molecule has 146 heavy (non-hydrogen) atoms. The van der Waals surface area contributed by atoms with Crippen LogP contribution < -0.4 is 62.2 Å². The molecule has 0 aliphatic carbocycles. The first-order valence-electron chi connectivity index (χ1n) is 47.4. The highest BCUT2D eigenvalue weighted by molar-refractivity contribution is 5.88. The van der Waals surface area contributed by atoms with E-state index in [0.717, 1.165) is 196 Å². The molecule has 0 bridgehead atoms. The summed E-state index contributed by atoms with van der Waals surface area (Å²) in [6, 6.07) is 54.0. The minimum absolute atomic E-state index is 0. The van der Waals surface area contributed by atoms with Gasteiger partial charge in [-0.15, -0.1) is 6.42 Å². The molecule has 0 fully saturated rings. The average Bonchev–Trinajstić information content (AvgIpc) is 1.48. The molecule has 0 aliphatic rings. The van der Waals surface area contributed by atoms with E-state index in [9.17, 15) is 0 Å². The van der Waals surface area contributed by atoms with Gasteiger partial charge in [-0.3, -0.25) is 38.7 Å². The number of methoxy groups -OCH3 is 7. The molecule has 0 aliphatic heterocycles. The van der Waals surface area contributed by atoms with E-state index in [1.807, 2.05) is 257 Å². The van der Waals surface area contributed by atoms with E-state index in [0.29, 0.717) is 53.7 Å². The molecule has 9 aromatic heterocycles. The van der Waals surface area contributed by atoms with E-state index in [1.54, 1.807) is 96.2 Å². The quantitative estimate of drug-likeness (QED) is 0.0354. The maximum Gasteiger partial charge on any atom is 0.214 e. The Kier molecular flexibility index (Phi) is 36.4. The van der Waals surface area contributed by atoms with E-state index in [2.05, 4.69) is 158 Å². The van der Waals surface area contributed by atoms with Crippen LogP contribution in [0.5, 0.6) is 51.9 Å². The predicted molar refractivity (Wildman–Crippen MR) is 586 cm³/mol. The Hall–Kier alpha value is -16.5. The minimum Gasteiger partial charge on any atom is -0.497 e. The summed E-state index contributed by atoms with van der Waals surface area (Å²) in [4.78, 5) is 55.7.